The molecule has 8 unspecified atom stereocenters. The van der Waals surface area contributed by atoms with Crippen molar-refractivity contribution in [1.29, 1.82) is 0 Å². The second-order valence-electron chi connectivity index (χ2n) is 8.08. The van der Waals surface area contributed by atoms with E-state index in [1.54, 1.807) is 0 Å². The molecule has 2 saturated heterocycles. The molecule has 142 valence electrons. The van der Waals surface area contributed by atoms with Crippen LogP contribution in [0.25, 0.3) is 0 Å². The summed E-state index contributed by atoms with van der Waals surface area (Å²) in [6.45, 7) is 15.7. The summed E-state index contributed by atoms with van der Waals surface area (Å²) in [5.74, 6) is 0.996. The first-order valence-electron chi connectivity index (χ1n) is 9.39. The first kappa shape index (κ1) is 20.7. The minimum Gasteiger partial charge on any atom is -0.305 e. The number of hydrogen-bond acceptors (Lipinski definition) is 4. The Labute approximate surface area is 159 Å². The van der Waals surface area contributed by atoms with E-state index < -0.39 is 0 Å². The predicted octanol–water partition coefficient (Wildman–Crippen LogP) is 2.66. The topological polar surface area (TPSA) is 13.0 Å². The lowest BCUT2D eigenvalue weighted by atomic mass is 9.98. The Kier molecular flexibility index (Phi) is 7.67. The molecule has 2 aliphatic heterocycles. The summed E-state index contributed by atoms with van der Waals surface area (Å²) in [6, 6.07) is 0.960. The average Bonchev–Trinajstić information content (AvgIpc) is 2.55. The lowest BCUT2D eigenvalue weighted by Gasteiger charge is -2.46. The normalized spacial score (nSPS) is 47.5. The summed E-state index contributed by atoms with van der Waals surface area (Å²) in [4.78, 5) is 9.81. The summed E-state index contributed by atoms with van der Waals surface area (Å²) in [6.07, 6.45) is 0. The molecule has 0 aromatic carbocycles. The van der Waals surface area contributed by atoms with Gasteiger partial charge in [0.25, 0.3) is 0 Å². The van der Waals surface area contributed by atoms with Crippen LogP contribution in [0.2, 0.25) is 0 Å². The molecule has 2 fully saturated rings. The summed E-state index contributed by atoms with van der Waals surface area (Å²) >= 11 is 13.5. The van der Waals surface area contributed by atoms with E-state index in [0.717, 1.165) is 39.3 Å². The van der Waals surface area contributed by atoms with E-state index in [4.69, 9.17) is 23.2 Å². The number of hydrogen-bond donors (Lipinski definition) is 0. The Morgan fingerprint density at radius 2 is 1.33 bits per heavy atom. The van der Waals surface area contributed by atoms with Crippen LogP contribution in [0, 0.1) is 11.8 Å². The van der Waals surface area contributed by atoms with E-state index in [1.807, 2.05) is 0 Å². The maximum atomic E-state index is 6.79. The van der Waals surface area contributed by atoms with Gasteiger partial charge in [0, 0.05) is 57.3 Å². The zero-order valence-corrected chi connectivity index (χ0v) is 17.8. The fourth-order valence-corrected chi connectivity index (χ4v) is 4.74. The van der Waals surface area contributed by atoms with Crippen molar-refractivity contribution in [1.82, 2.24) is 19.6 Å². The zero-order valence-electron chi connectivity index (χ0n) is 16.3. The van der Waals surface area contributed by atoms with E-state index in [0.29, 0.717) is 23.9 Å². The molecule has 2 bridgehead atoms. The van der Waals surface area contributed by atoms with Crippen LogP contribution in [0.5, 0.6) is 0 Å². The first-order chi connectivity index (χ1) is 11.2. The number of rotatable bonds is 0. The largest absolute Gasteiger partial charge is 0.305 e. The molecule has 0 aromatic heterocycles. The molecule has 0 aliphatic carbocycles. The molecule has 24 heavy (non-hydrogen) atoms. The lowest BCUT2D eigenvalue weighted by molar-refractivity contribution is 0.0359. The van der Waals surface area contributed by atoms with E-state index in [-0.39, 0.29) is 11.0 Å². The monoisotopic (exact) mass is 378 g/mol. The average molecular weight is 379 g/mol. The zero-order chi connectivity index (χ0) is 18.0. The highest BCUT2D eigenvalue weighted by Gasteiger charge is 2.35. The fourth-order valence-electron chi connectivity index (χ4n) is 4.04. The summed E-state index contributed by atoms with van der Waals surface area (Å²) in [5.41, 5.74) is -0.0950. The summed E-state index contributed by atoms with van der Waals surface area (Å²) in [7, 11) is 4.31. The lowest BCUT2D eigenvalue weighted by Crippen LogP contribution is -2.57. The Bertz CT molecular complexity index is 397. The number of alkyl halides is 2. The summed E-state index contributed by atoms with van der Waals surface area (Å²) < 4.78 is 0. The predicted molar refractivity (Wildman–Crippen MR) is 105 cm³/mol. The molecule has 0 radical (unpaired) electrons. The Balaban J connectivity index is 2.30. The van der Waals surface area contributed by atoms with Gasteiger partial charge >= 0.3 is 0 Å². The molecule has 0 spiro atoms. The van der Waals surface area contributed by atoms with Gasteiger partial charge in [0.05, 0.1) is 11.0 Å². The quantitative estimate of drug-likeness (QED) is 0.474. The second-order valence-corrected chi connectivity index (χ2v) is 9.03. The molecular weight excluding hydrogens is 343 g/mol. The fraction of sp³-hybridized carbons (Fsp3) is 1.00. The van der Waals surface area contributed by atoms with Crippen molar-refractivity contribution < 1.29 is 0 Å². The molecule has 0 amide bonds. The van der Waals surface area contributed by atoms with E-state index in [9.17, 15) is 0 Å². The molecule has 2 rings (SSSR count). The van der Waals surface area contributed by atoms with Crippen LogP contribution in [0.1, 0.15) is 27.7 Å². The smallest absolute Gasteiger partial charge is 0.0988 e. The highest BCUT2D eigenvalue weighted by atomic mass is 35.5. The van der Waals surface area contributed by atoms with Gasteiger partial charge in [-0.2, -0.15) is 0 Å². The third-order valence-corrected chi connectivity index (χ3v) is 7.58. The number of halogens is 2. The third kappa shape index (κ3) is 4.77. The maximum absolute atomic E-state index is 6.79. The molecule has 8 atom stereocenters. The van der Waals surface area contributed by atoms with Crippen LogP contribution in [0.3, 0.4) is 0 Å². The van der Waals surface area contributed by atoms with Gasteiger partial charge in [-0.1, -0.05) is 13.8 Å². The van der Waals surface area contributed by atoms with Crippen molar-refractivity contribution in [2.24, 2.45) is 11.8 Å². The van der Waals surface area contributed by atoms with Crippen molar-refractivity contribution in [3.05, 3.63) is 0 Å². The Morgan fingerprint density at radius 3 is 2.00 bits per heavy atom. The van der Waals surface area contributed by atoms with Gasteiger partial charge in [-0.25, -0.2) is 0 Å². The van der Waals surface area contributed by atoms with E-state index in [2.05, 4.69) is 61.4 Å². The number of nitrogens with zero attached hydrogens (tertiary/aromatic N) is 4. The number of likely N-dealkylation sites (N-methyl/N-ethyl adjacent to an activating group) is 2. The Hall–Kier alpha value is 0.420. The van der Waals surface area contributed by atoms with Crippen LogP contribution in [-0.4, -0.2) is 96.0 Å². The molecule has 0 N–H and O–H groups in total. The molecule has 6 heteroatoms. The van der Waals surface area contributed by atoms with Crippen LogP contribution in [-0.2, 0) is 0 Å². The SMILES string of the molecule is CC1CN(C)CCN2CCN(CC(Cl)N(C)C(Cl)C(C)C2C)C1C. The van der Waals surface area contributed by atoms with Gasteiger partial charge in [0.15, 0.2) is 0 Å². The van der Waals surface area contributed by atoms with Crippen molar-refractivity contribution in [2.45, 2.75) is 50.8 Å². The van der Waals surface area contributed by atoms with Crippen LogP contribution in [0.15, 0.2) is 0 Å². The van der Waals surface area contributed by atoms with Crippen molar-refractivity contribution in [3.63, 3.8) is 0 Å². The highest BCUT2D eigenvalue weighted by molar-refractivity contribution is 6.23. The first-order valence-corrected chi connectivity index (χ1v) is 10.3. The van der Waals surface area contributed by atoms with Crippen LogP contribution >= 0.6 is 23.2 Å². The standard InChI is InChI=1S/C18H36Cl2N4/c1-13-11-21(5)7-8-23-9-10-24(15(13)3)12-17(19)22(6)18(20)14(2)16(23)4/h13-18H,7-12H2,1-6H3. The molecular formula is C18H36Cl2N4. The maximum Gasteiger partial charge on any atom is 0.0988 e. The third-order valence-electron chi connectivity index (χ3n) is 6.43. The van der Waals surface area contributed by atoms with E-state index >= 15 is 0 Å². The Morgan fingerprint density at radius 1 is 0.750 bits per heavy atom. The van der Waals surface area contributed by atoms with Gasteiger partial charge in [-0.3, -0.25) is 14.7 Å². The minimum absolute atomic E-state index is 0.0432. The van der Waals surface area contributed by atoms with Crippen LogP contribution < -0.4 is 0 Å². The van der Waals surface area contributed by atoms with Gasteiger partial charge < -0.3 is 4.90 Å². The van der Waals surface area contributed by atoms with Gasteiger partial charge in [0.1, 0.15) is 0 Å². The van der Waals surface area contributed by atoms with Crippen molar-refractivity contribution in [3.8, 4) is 0 Å². The number of fused-ring (bicyclic) bond motifs is 3. The molecule has 0 aromatic rings. The second kappa shape index (κ2) is 8.88. The molecule has 0 saturated carbocycles. The molecule has 2 aliphatic rings. The van der Waals surface area contributed by atoms with Gasteiger partial charge in [0.2, 0.25) is 0 Å². The summed E-state index contributed by atoms with van der Waals surface area (Å²) in [5, 5.41) is 0. The molecule has 2 heterocycles. The van der Waals surface area contributed by atoms with Crippen LogP contribution in [0.4, 0.5) is 0 Å². The molecule has 4 nitrogen and oxygen atoms in total. The van der Waals surface area contributed by atoms with Crippen molar-refractivity contribution >= 4 is 23.2 Å². The van der Waals surface area contributed by atoms with Gasteiger partial charge in [-0.15, -0.1) is 23.2 Å². The van der Waals surface area contributed by atoms with E-state index in [1.165, 1.54) is 0 Å². The minimum atomic E-state index is -0.0518. The highest BCUT2D eigenvalue weighted by Crippen LogP contribution is 2.27. The van der Waals surface area contributed by atoms with Crippen molar-refractivity contribution in [2.75, 3.05) is 53.4 Å². The van der Waals surface area contributed by atoms with Gasteiger partial charge in [-0.05, 0) is 33.9 Å².